The van der Waals surface area contributed by atoms with Crippen molar-refractivity contribution >= 4 is 38.3 Å². The van der Waals surface area contributed by atoms with Crippen molar-refractivity contribution in [3.05, 3.63) is 58.9 Å². The number of rotatable bonds is 5. The average molecular weight is 439 g/mol. The Morgan fingerprint density at radius 2 is 1.76 bits per heavy atom. The second-order valence-corrected chi connectivity index (χ2v) is 8.83. The lowest BCUT2D eigenvalue weighted by atomic mass is 10.2. The summed E-state index contributed by atoms with van der Waals surface area (Å²) in [5.41, 5.74) is 0.609. The van der Waals surface area contributed by atoms with Crippen LogP contribution >= 0.6 is 11.6 Å². The molecule has 29 heavy (non-hydrogen) atoms. The molecule has 2 heterocycles. The Labute approximate surface area is 171 Å². The number of halogens is 3. The summed E-state index contributed by atoms with van der Waals surface area (Å²) >= 11 is 6.12. The van der Waals surface area contributed by atoms with E-state index in [2.05, 4.69) is 19.6 Å². The highest BCUT2D eigenvalue weighted by molar-refractivity contribution is 7.89. The number of hydrogen-bond acceptors (Lipinski definition) is 5. The van der Waals surface area contributed by atoms with Gasteiger partial charge in [-0.1, -0.05) is 17.7 Å². The summed E-state index contributed by atoms with van der Waals surface area (Å²) in [7, 11) is -4.43. The van der Waals surface area contributed by atoms with E-state index in [0.29, 0.717) is 16.4 Å². The van der Waals surface area contributed by atoms with Crippen LogP contribution in [-0.2, 0) is 16.6 Å². The Balaban J connectivity index is 1.69. The lowest BCUT2D eigenvalue weighted by Gasteiger charge is -2.19. The molecule has 152 valence electrons. The first-order valence-electron chi connectivity index (χ1n) is 9.00. The molecule has 1 aliphatic rings. The van der Waals surface area contributed by atoms with Gasteiger partial charge in [0.15, 0.2) is 4.90 Å². The van der Waals surface area contributed by atoms with E-state index >= 15 is 0 Å². The molecule has 0 radical (unpaired) electrons. The minimum absolute atomic E-state index is 0.196. The number of nitrogens with one attached hydrogen (secondary N) is 1. The van der Waals surface area contributed by atoms with Crippen LogP contribution in [0.3, 0.4) is 0 Å². The van der Waals surface area contributed by atoms with Crippen molar-refractivity contribution in [2.75, 3.05) is 18.0 Å². The molecule has 4 rings (SSSR count). The van der Waals surface area contributed by atoms with Crippen molar-refractivity contribution in [3.8, 4) is 0 Å². The third kappa shape index (κ3) is 4.03. The zero-order valence-electron chi connectivity index (χ0n) is 15.2. The molecule has 2 aromatic carbocycles. The smallest absolute Gasteiger partial charge is 0.246 e. The normalized spacial score (nSPS) is 14.7. The summed E-state index contributed by atoms with van der Waals surface area (Å²) in [5, 5.41) is 1.32. The maximum absolute atomic E-state index is 13.9. The van der Waals surface area contributed by atoms with Gasteiger partial charge in [0.1, 0.15) is 23.3 Å². The van der Waals surface area contributed by atoms with Gasteiger partial charge in [0.25, 0.3) is 0 Å². The van der Waals surface area contributed by atoms with E-state index in [-0.39, 0.29) is 12.4 Å². The maximum atomic E-state index is 13.9. The van der Waals surface area contributed by atoms with Crippen LogP contribution in [0.15, 0.2) is 41.3 Å². The van der Waals surface area contributed by atoms with Crippen LogP contribution in [0.5, 0.6) is 0 Å². The first kappa shape index (κ1) is 19.9. The molecule has 10 heteroatoms. The van der Waals surface area contributed by atoms with E-state index in [1.165, 1.54) is 0 Å². The number of fused-ring (bicyclic) bond motifs is 1. The Bertz CT molecular complexity index is 1160. The Morgan fingerprint density at radius 3 is 2.45 bits per heavy atom. The van der Waals surface area contributed by atoms with Gasteiger partial charge in [0, 0.05) is 23.5 Å². The summed E-state index contributed by atoms with van der Waals surface area (Å²) in [6.45, 7) is 1.34. The zero-order valence-corrected chi connectivity index (χ0v) is 16.8. The van der Waals surface area contributed by atoms with Crippen LogP contribution in [0, 0.1) is 11.6 Å². The Hall–Kier alpha value is -2.36. The lowest BCUT2D eigenvalue weighted by Crippen LogP contribution is -2.27. The van der Waals surface area contributed by atoms with Gasteiger partial charge < -0.3 is 4.90 Å². The highest BCUT2D eigenvalue weighted by atomic mass is 35.5. The van der Waals surface area contributed by atoms with Crippen LogP contribution in [0.4, 0.5) is 14.6 Å². The molecule has 1 aliphatic heterocycles. The third-order valence-electron chi connectivity index (χ3n) is 4.70. The van der Waals surface area contributed by atoms with Gasteiger partial charge >= 0.3 is 0 Å². The van der Waals surface area contributed by atoms with Gasteiger partial charge in [0.2, 0.25) is 10.0 Å². The van der Waals surface area contributed by atoms with Crippen LogP contribution < -0.4 is 9.62 Å². The molecule has 6 nitrogen and oxygen atoms in total. The van der Waals surface area contributed by atoms with Crippen molar-refractivity contribution in [2.24, 2.45) is 0 Å². The van der Waals surface area contributed by atoms with Gasteiger partial charge in [-0.15, -0.1) is 0 Å². The highest BCUT2D eigenvalue weighted by Gasteiger charge is 2.24. The molecule has 0 spiro atoms. The van der Waals surface area contributed by atoms with Crippen LogP contribution in [-0.4, -0.2) is 31.5 Å². The number of hydrogen-bond donors (Lipinski definition) is 1. The fourth-order valence-corrected chi connectivity index (χ4v) is 4.64. The van der Waals surface area contributed by atoms with E-state index in [1.807, 2.05) is 0 Å². The predicted octanol–water partition coefficient (Wildman–Crippen LogP) is 3.64. The highest BCUT2D eigenvalue weighted by Crippen LogP contribution is 2.29. The molecule has 1 N–H and O–H groups in total. The predicted molar refractivity (Wildman–Crippen MR) is 106 cm³/mol. The van der Waals surface area contributed by atoms with Crippen molar-refractivity contribution < 1.29 is 17.2 Å². The first-order valence-corrected chi connectivity index (χ1v) is 10.9. The quantitative estimate of drug-likeness (QED) is 0.658. The number of aromatic nitrogens is 2. The number of nitrogens with zero attached hydrogens (tertiary/aromatic N) is 3. The second kappa shape index (κ2) is 7.81. The number of sulfonamides is 1. The molecule has 1 fully saturated rings. The van der Waals surface area contributed by atoms with Crippen LogP contribution in [0.1, 0.15) is 18.7 Å². The standard InChI is InChI=1S/C19H17ClF2N4O2S/c20-12-6-7-16-13(10-12)19(26-8-1-2-9-26)25-17(24-16)11-23-29(27,28)18-14(21)4-3-5-15(18)22/h3-7,10,23H,1-2,8-9,11H2. The molecule has 3 aromatic rings. The van der Waals surface area contributed by atoms with E-state index in [1.54, 1.807) is 18.2 Å². The molecule has 0 bridgehead atoms. The van der Waals surface area contributed by atoms with Crippen molar-refractivity contribution in [2.45, 2.75) is 24.3 Å². The van der Waals surface area contributed by atoms with Gasteiger partial charge in [-0.3, -0.25) is 0 Å². The fraction of sp³-hybridized carbons (Fsp3) is 0.263. The van der Waals surface area contributed by atoms with E-state index in [9.17, 15) is 17.2 Å². The maximum Gasteiger partial charge on any atom is 0.246 e. The Morgan fingerprint density at radius 1 is 1.07 bits per heavy atom. The van der Waals surface area contributed by atoms with Crippen LogP contribution in [0.2, 0.25) is 5.02 Å². The molecule has 0 atom stereocenters. The van der Waals surface area contributed by atoms with E-state index in [0.717, 1.165) is 49.5 Å². The van der Waals surface area contributed by atoms with Gasteiger partial charge in [-0.25, -0.2) is 31.9 Å². The third-order valence-corrected chi connectivity index (χ3v) is 6.38. The molecule has 0 amide bonds. The van der Waals surface area contributed by atoms with E-state index in [4.69, 9.17) is 11.6 Å². The molecule has 1 saturated heterocycles. The number of anilines is 1. The first-order chi connectivity index (χ1) is 13.8. The Kier molecular flexibility index (Phi) is 5.37. The van der Waals surface area contributed by atoms with Crippen LogP contribution in [0.25, 0.3) is 10.9 Å². The van der Waals surface area contributed by atoms with Crippen molar-refractivity contribution in [1.29, 1.82) is 0 Å². The zero-order chi connectivity index (χ0) is 20.6. The molecular weight excluding hydrogens is 422 g/mol. The monoisotopic (exact) mass is 438 g/mol. The molecule has 0 aliphatic carbocycles. The average Bonchev–Trinajstić information content (AvgIpc) is 3.20. The van der Waals surface area contributed by atoms with Crippen molar-refractivity contribution in [1.82, 2.24) is 14.7 Å². The van der Waals surface area contributed by atoms with Gasteiger partial charge in [-0.2, -0.15) is 0 Å². The number of benzene rings is 2. The lowest BCUT2D eigenvalue weighted by molar-refractivity contribution is 0.513. The summed E-state index contributed by atoms with van der Waals surface area (Å²) in [5.74, 6) is -1.46. The SMILES string of the molecule is O=S(=O)(NCc1nc(N2CCCC2)c2cc(Cl)ccc2n1)c1c(F)cccc1F. The summed E-state index contributed by atoms with van der Waals surface area (Å²) in [6.07, 6.45) is 2.06. The summed E-state index contributed by atoms with van der Waals surface area (Å²) in [6, 6.07) is 8.07. The molecule has 1 aromatic heterocycles. The van der Waals surface area contributed by atoms with Crippen molar-refractivity contribution in [3.63, 3.8) is 0 Å². The fourth-order valence-electron chi connectivity index (χ4n) is 3.35. The summed E-state index contributed by atoms with van der Waals surface area (Å²) < 4.78 is 54.8. The molecule has 0 saturated carbocycles. The van der Waals surface area contributed by atoms with Gasteiger partial charge in [0.05, 0.1) is 12.1 Å². The minimum Gasteiger partial charge on any atom is -0.356 e. The van der Waals surface area contributed by atoms with E-state index < -0.39 is 26.6 Å². The summed E-state index contributed by atoms with van der Waals surface area (Å²) in [4.78, 5) is 9.96. The minimum atomic E-state index is -4.43. The van der Waals surface area contributed by atoms with Gasteiger partial charge in [-0.05, 0) is 43.2 Å². The topological polar surface area (TPSA) is 75.2 Å². The largest absolute Gasteiger partial charge is 0.356 e. The molecule has 0 unspecified atom stereocenters. The second-order valence-electron chi connectivity index (χ2n) is 6.69. The molecular formula is C19H17ClF2N4O2S.